The minimum atomic E-state index is -0.505. The molecule has 1 saturated heterocycles. The number of piperidine rings is 1. The molecule has 212 valence electrons. The molecule has 0 radical (unpaired) electrons. The predicted octanol–water partition coefficient (Wildman–Crippen LogP) is 3.03. The molecule has 1 aliphatic heterocycles. The van der Waals surface area contributed by atoms with E-state index < -0.39 is 5.41 Å². The van der Waals surface area contributed by atoms with E-state index in [9.17, 15) is 14.4 Å². The third-order valence-electron chi connectivity index (χ3n) is 6.78. The molecule has 11 heteroatoms. The normalized spacial score (nSPS) is 15.4. The molecule has 0 bridgehead atoms. The van der Waals surface area contributed by atoms with Crippen LogP contribution < -0.4 is 20.9 Å². The third-order valence-corrected chi connectivity index (χ3v) is 6.78. The highest BCUT2D eigenvalue weighted by molar-refractivity contribution is 5.97. The van der Waals surface area contributed by atoms with Crippen molar-refractivity contribution in [1.82, 2.24) is 30.4 Å². The molecule has 0 spiro atoms. The first kappa shape index (κ1) is 28.7. The summed E-state index contributed by atoms with van der Waals surface area (Å²) >= 11 is 0. The van der Waals surface area contributed by atoms with Crippen LogP contribution in [0.25, 0.3) is 5.82 Å². The van der Waals surface area contributed by atoms with Gasteiger partial charge in [0.2, 0.25) is 11.8 Å². The zero-order valence-corrected chi connectivity index (χ0v) is 23.8. The van der Waals surface area contributed by atoms with Crippen molar-refractivity contribution in [2.24, 2.45) is 11.3 Å². The number of hydrogen-bond acceptors (Lipinski definition) is 7. The number of carbonyl (C=O) groups excluding carboxylic acids is 3. The molecule has 11 nitrogen and oxygen atoms in total. The van der Waals surface area contributed by atoms with E-state index in [4.69, 9.17) is 0 Å². The molecule has 3 aromatic rings. The number of anilines is 2. The lowest BCUT2D eigenvalue weighted by Gasteiger charge is -2.33. The maximum Gasteiger partial charge on any atom is 0.251 e. The zero-order chi connectivity index (χ0) is 28.9. The van der Waals surface area contributed by atoms with Gasteiger partial charge in [-0.3, -0.25) is 14.4 Å². The summed E-state index contributed by atoms with van der Waals surface area (Å²) in [7, 11) is 0. The van der Waals surface area contributed by atoms with Crippen molar-refractivity contribution in [1.29, 1.82) is 0 Å². The average molecular weight is 547 g/mol. The van der Waals surface area contributed by atoms with E-state index in [0.29, 0.717) is 36.7 Å². The highest BCUT2D eigenvalue weighted by Crippen LogP contribution is 2.23. The van der Waals surface area contributed by atoms with E-state index in [-0.39, 0.29) is 23.6 Å². The summed E-state index contributed by atoms with van der Waals surface area (Å²) in [5, 5.41) is 13.1. The van der Waals surface area contributed by atoms with Gasteiger partial charge in [0.05, 0.1) is 11.6 Å². The number of aromatic nitrogens is 4. The topological polar surface area (TPSA) is 134 Å². The van der Waals surface area contributed by atoms with Crippen molar-refractivity contribution in [3.05, 3.63) is 59.7 Å². The van der Waals surface area contributed by atoms with Crippen molar-refractivity contribution < 1.29 is 14.4 Å². The summed E-state index contributed by atoms with van der Waals surface area (Å²) in [5.74, 6) is 0.920. The maximum absolute atomic E-state index is 12.9. The second-order valence-corrected chi connectivity index (χ2v) is 11.2. The third kappa shape index (κ3) is 7.22. The van der Waals surface area contributed by atoms with Crippen molar-refractivity contribution in [2.75, 3.05) is 36.4 Å². The Bertz CT molecular complexity index is 1360. The van der Waals surface area contributed by atoms with Crippen LogP contribution in [0.3, 0.4) is 0 Å². The number of carbonyl (C=O) groups is 3. The number of amides is 3. The molecule has 1 aromatic carbocycles. The van der Waals surface area contributed by atoms with E-state index >= 15 is 0 Å². The van der Waals surface area contributed by atoms with E-state index in [1.165, 1.54) is 6.33 Å². The maximum atomic E-state index is 12.9. The zero-order valence-electron chi connectivity index (χ0n) is 23.8. The Morgan fingerprint density at radius 1 is 0.975 bits per heavy atom. The van der Waals surface area contributed by atoms with Crippen molar-refractivity contribution in [2.45, 2.75) is 47.5 Å². The van der Waals surface area contributed by atoms with Gasteiger partial charge in [0.15, 0.2) is 5.82 Å². The predicted molar refractivity (Wildman–Crippen MR) is 153 cm³/mol. The fourth-order valence-electron chi connectivity index (χ4n) is 4.52. The van der Waals surface area contributed by atoms with Gasteiger partial charge >= 0.3 is 0 Å². The molecule has 1 aliphatic rings. The summed E-state index contributed by atoms with van der Waals surface area (Å²) in [5.41, 5.74) is 2.52. The standard InChI is InChI=1S/C29H38N8O3/c1-19-15-20(2)37(35-19)25-16-24(32-18-33-25)36-14-6-7-22(17-36)27(39)31-13-12-30-26(38)21-8-10-23(11-9-21)34-28(40)29(3,4)5/h8-11,15-16,18,22H,6-7,12-14,17H2,1-5H3,(H,30,38)(H,31,39)(H,34,40). The molecule has 2 aromatic heterocycles. The summed E-state index contributed by atoms with van der Waals surface area (Å²) in [6.45, 7) is 11.5. The lowest BCUT2D eigenvalue weighted by atomic mass is 9.95. The molecule has 40 heavy (non-hydrogen) atoms. The van der Waals surface area contributed by atoms with Crippen LogP contribution >= 0.6 is 0 Å². The molecular formula is C29H38N8O3. The van der Waals surface area contributed by atoms with Gasteiger partial charge < -0.3 is 20.9 Å². The monoisotopic (exact) mass is 546 g/mol. The molecule has 3 N–H and O–H groups in total. The van der Waals surface area contributed by atoms with Crippen LogP contribution in [0.2, 0.25) is 0 Å². The first-order valence-electron chi connectivity index (χ1n) is 13.6. The van der Waals surface area contributed by atoms with Gasteiger partial charge in [0, 0.05) is 54.6 Å². The van der Waals surface area contributed by atoms with Crippen LogP contribution in [0, 0.1) is 25.2 Å². The largest absolute Gasteiger partial charge is 0.356 e. The number of nitrogens with zero attached hydrogens (tertiary/aromatic N) is 5. The Hall–Kier alpha value is -4.28. The summed E-state index contributed by atoms with van der Waals surface area (Å²) in [6.07, 6.45) is 3.20. The Balaban J connectivity index is 1.24. The quantitative estimate of drug-likeness (QED) is 0.370. The van der Waals surface area contributed by atoms with Gasteiger partial charge in [-0.1, -0.05) is 20.8 Å². The summed E-state index contributed by atoms with van der Waals surface area (Å²) in [4.78, 5) is 48.5. The second-order valence-electron chi connectivity index (χ2n) is 11.2. The Kier molecular flexibility index (Phi) is 8.81. The molecular weight excluding hydrogens is 508 g/mol. The van der Waals surface area contributed by atoms with Gasteiger partial charge in [-0.25, -0.2) is 14.6 Å². The molecule has 1 fully saturated rings. The minimum absolute atomic E-state index is 0.0364. The van der Waals surface area contributed by atoms with Crippen LogP contribution in [0.15, 0.2) is 42.7 Å². The van der Waals surface area contributed by atoms with Gasteiger partial charge in [0.1, 0.15) is 12.1 Å². The van der Waals surface area contributed by atoms with Crippen molar-refractivity contribution >= 4 is 29.2 Å². The molecule has 3 heterocycles. The SMILES string of the molecule is Cc1cc(C)n(-c2cc(N3CCCC(C(=O)NCCNC(=O)c4ccc(NC(=O)C(C)(C)C)cc4)C3)ncn2)n1. The second kappa shape index (κ2) is 12.3. The molecule has 4 rings (SSSR count). The van der Waals surface area contributed by atoms with Gasteiger partial charge in [-0.2, -0.15) is 5.10 Å². The van der Waals surface area contributed by atoms with Gasteiger partial charge in [0.25, 0.3) is 5.91 Å². The van der Waals surface area contributed by atoms with Crippen LogP contribution in [0.4, 0.5) is 11.5 Å². The lowest BCUT2D eigenvalue weighted by molar-refractivity contribution is -0.125. The molecule has 1 unspecified atom stereocenters. The van der Waals surface area contributed by atoms with Crippen molar-refractivity contribution in [3.63, 3.8) is 0 Å². The van der Waals surface area contributed by atoms with Crippen LogP contribution in [0.1, 0.15) is 55.4 Å². The summed E-state index contributed by atoms with van der Waals surface area (Å²) < 4.78 is 1.79. The lowest BCUT2D eigenvalue weighted by Crippen LogP contribution is -2.45. The number of hydrogen-bond donors (Lipinski definition) is 3. The van der Waals surface area contributed by atoms with Crippen LogP contribution in [-0.4, -0.2) is 63.6 Å². The number of rotatable bonds is 8. The summed E-state index contributed by atoms with van der Waals surface area (Å²) in [6, 6.07) is 10.6. The molecule has 0 aliphatic carbocycles. The van der Waals surface area contributed by atoms with E-state index in [1.807, 2.05) is 46.8 Å². The number of benzene rings is 1. The van der Waals surface area contributed by atoms with Crippen LogP contribution in [-0.2, 0) is 9.59 Å². The minimum Gasteiger partial charge on any atom is -0.356 e. The van der Waals surface area contributed by atoms with Gasteiger partial charge in [-0.15, -0.1) is 0 Å². The fourth-order valence-corrected chi connectivity index (χ4v) is 4.52. The Morgan fingerprint density at radius 3 is 2.35 bits per heavy atom. The Labute approximate surface area is 234 Å². The Morgan fingerprint density at radius 2 is 1.68 bits per heavy atom. The average Bonchev–Trinajstić information content (AvgIpc) is 3.28. The fraction of sp³-hybridized carbons (Fsp3) is 0.448. The first-order chi connectivity index (χ1) is 19.0. The molecule has 0 saturated carbocycles. The van der Waals surface area contributed by atoms with E-state index in [1.54, 1.807) is 28.9 Å². The van der Waals surface area contributed by atoms with Crippen molar-refractivity contribution in [3.8, 4) is 5.82 Å². The van der Waals surface area contributed by atoms with E-state index in [2.05, 4.69) is 35.9 Å². The van der Waals surface area contributed by atoms with E-state index in [0.717, 1.165) is 36.6 Å². The highest BCUT2D eigenvalue weighted by Gasteiger charge is 2.27. The van der Waals surface area contributed by atoms with Gasteiger partial charge in [-0.05, 0) is 57.0 Å². The highest BCUT2D eigenvalue weighted by atomic mass is 16.2. The smallest absolute Gasteiger partial charge is 0.251 e. The molecule has 3 amide bonds. The number of nitrogens with one attached hydrogen (secondary N) is 3. The molecule has 1 atom stereocenters. The number of aryl methyl sites for hydroxylation is 2. The van der Waals surface area contributed by atoms with Crippen LogP contribution in [0.5, 0.6) is 0 Å². The first-order valence-corrected chi connectivity index (χ1v) is 13.6.